The van der Waals surface area contributed by atoms with Crippen LogP contribution < -0.4 is 5.32 Å². The van der Waals surface area contributed by atoms with E-state index in [1.165, 1.54) is 16.7 Å². The average Bonchev–Trinajstić information content (AvgIpc) is 2.86. The monoisotopic (exact) mass is 283 g/mol. The second kappa shape index (κ2) is 5.61. The Labute approximate surface area is 126 Å². The lowest BCUT2D eigenvalue weighted by atomic mass is 9.98. The van der Waals surface area contributed by atoms with Crippen LogP contribution in [-0.4, -0.2) is 0 Å². The van der Waals surface area contributed by atoms with Crippen molar-refractivity contribution in [1.29, 1.82) is 0 Å². The van der Waals surface area contributed by atoms with Crippen LogP contribution in [0.2, 0.25) is 0 Å². The fourth-order valence-corrected chi connectivity index (χ4v) is 3.40. The van der Waals surface area contributed by atoms with Gasteiger partial charge < -0.3 is 5.32 Å². The van der Waals surface area contributed by atoms with Gasteiger partial charge in [-0.05, 0) is 61.9 Å². The van der Waals surface area contributed by atoms with Crippen LogP contribution in [0.3, 0.4) is 0 Å². The van der Waals surface area contributed by atoms with Gasteiger partial charge in [-0.2, -0.15) is 0 Å². The van der Waals surface area contributed by atoms with E-state index in [1.807, 2.05) is 6.07 Å². The Morgan fingerprint density at radius 2 is 2.00 bits per heavy atom. The summed E-state index contributed by atoms with van der Waals surface area (Å²) in [5.74, 6) is -0.0591. The van der Waals surface area contributed by atoms with Crippen LogP contribution in [0.4, 0.5) is 4.39 Å². The van der Waals surface area contributed by atoms with E-state index in [2.05, 4.69) is 50.4 Å². The SMILES string of the molecule is Cc1ccc(C)c(C(C)NC2CCc3c(F)cccc32)c1. The number of aryl methyl sites for hydroxylation is 2. The second-order valence-corrected chi connectivity index (χ2v) is 6.15. The molecule has 21 heavy (non-hydrogen) atoms. The summed E-state index contributed by atoms with van der Waals surface area (Å²) in [5, 5.41) is 3.68. The zero-order valence-corrected chi connectivity index (χ0v) is 12.9. The molecule has 0 aromatic heterocycles. The minimum Gasteiger partial charge on any atom is -0.303 e. The Bertz CT molecular complexity index is 663. The number of halogens is 1. The second-order valence-electron chi connectivity index (χ2n) is 6.15. The smallest absolute Gasteiger partial charge is 0.126 e. The molecule has 0 bridgehead atoms. The van der Waals surface area contributed by atoms with Gasteiger partial charge in [-0.15, -0.1) is 0 Å². The molecule has 0 fully saturated rings. The zero-order valence-electron chi connectivity index (χ0n) is 12.9. The fraction of sp³-hybridized carbons (Fsp3) is 0.368. The van der Waals surface area contributed by atoms with Gasteiger partial charge in [-0.1, -0.05) is 35.9 Å². The highest BCUT2D eigenvalue weighted by molar-refractivity contribution is 5.37. The van der Waals surface area contributed by atoms with Crippen LogP contribution in [0, 0.1) is 19.7 Å². The summed E-state index contributed by atoms with van der Waals surface area (Å²) in [7, 11) is 0. The predicted octanol–water partition coefficient (Wildman–Crippen LogP) is 4.78. The summed E-state index contributed by atoms with van der Waals surface area (Å²) < 4.78 is 13.8. The molecule has 2 aromatic carbocycles. The molecule has 3 rings (SSSR count). The maximum Gasteiger partial charge on any atom is 0.126 e. The average molecular weight is 283 g/mol. The van der Waals surface area contributed by atoms with Gasteiger partial charge in [-0.25, -0.2) is 4.39 Å². The summed E-state index contributed by atoms with van der Waals surface area (Å²) in [6.45, 7) is 6.46. The summed E-state index contributed by atoms with van der Waals surface area (Å²) in [6.07, 6.45) is 1.81. The third kappa shape index (κ3) is 2.73. The van der Waals surface area contributed by atoms with Gasteiger partial charge in [0.15, 0.2) is 0 Å². The molecule has 2 aromatic rings. The van der Waals surface area contributed by atoms with E-state index in [4.69, 9.17) is 0 Å². The fourth-order valence-electron chi connectivity index (χ4n) is 3.40. The number of hydrogen-bond donors (Lipinski definition) is 1. The Balaban J connectivity index is 1.83. The molecule has 2 atom stereocenters. The first-order chi connectivity index (χ1) is 10.1. The molecule has 1 aliphatic carbocycles. The standard InChI is InChI=1S/C19H22FN/c1-12-7-8-13(2)17(11-12)14(3)21-19-10-9-15-16(19)5-4-6-18(15)20/h4-8,11,14,19,21H,9-10H2,1-3H3. The Hall–Kier alpha value is -1.67. The molecule has 110 valence electrons. The van der Waals surface area contributed by atoms with Crippen LogP contribution in [0.25, 0.3) is 0 Å². The molecule has 0 saturated carbocycles. The first-order valence-electron chi connectivity index (χ1n) is 7.66. The highest BCUT2D eigenvalue weighted by Crippen LogP contribution is 2.34. The van der Waals surface area contributed by atoms with E-state index in [0.717, 1.165) is 24.0 Å². The molecular formula is C19H22FN. The van der Waals surface area contributed by atoms with Gasteiger partial charge in [0.25, 0.3) is 0 Å². The van der Waals surface area contributed by atoms with Gasteiger partial charge >= 0.3 is 0 Å². The predicted molar refractivity (Wildman–Crippen MR) is 84.9 cm³/mol. The molecule has 0 radical (unpaired) electrons. The maximum atomic E-state index is 13.8. The lowest BCUT2D eigenvalue weighted by molar-refractivity contribution is 0.463. The van der Waals surface area contributed by atoms with Crippen molar-refractivity contribution in [3.8, 4) is 0 Å². The third-order valence-electron chi connectivity index (χ3n) is 4.57. The van der Waals surface area contributed by atoms with Gasteiger partial charge in [0.2, 0.25) is 0 Å². The molecule has 0 saturated heterocycles. The van der Waals surface area contributed by atoms with Crippen molar-refractivity contribution in [1.82, 2.24) is 5.32 Å². The zero-order chi connectivity index (χ0) is 15.0. The van der Waals surface area contributed by atoms with Crippen molar-refractivity contribution in [3.05, 3.63) is 70.0 Å². The Morgan fingerprint density at radius 1 is 1.19 bits per heavy atom. The van der Waals surface area contributed by atoms with Crippen molar-refractivity contribution < 1.29 is 4.39 Å². The molecule has 0 heterocycles. The van der Waals surface area contributed by atoms with Gasteiger partial charge in [0.05, 0.1) is 0 Å². The molecule has 2 heteroatoms. The number of hydrogen-bond acceptors (Lipinski definition) is 1. The lowest BCUT2D eigenvalue weighted by Gasteiger charge is -2.22. The summed E-state index contributed by atoms with van der Waals surface area (Å²) in [6, 6.07) is 12.5. The number of rotatable bonds is 3. The molecular weight excluding hydrogens is 261 g/mol. The summed E-state index contributed by atoms with van der Waals surface area (Å²) in [5.41, 5.74) is 5.94. The van der Waals surface area contributed by atoms with Gasteiger partial charge in [0.1, 0.15) is 5.82 Å². The van der Waals surface area contributed by atoms with E-state index in [-0.39, 0.29) is 17.9 Å². The minimum absolute atomic E-state index is 0.0591. The van der Waals surface area contributed by atoms with E-state index in [1.54, 1.807) is 6.07 Å². The quantitative estimate of drug-likeness (QED) is 0.854. The highest BCUT2D eigenvalue weighted by atomic mass is 19.1. The Morgan fingerprint density at radius 3 is 2.81 bits per heavy atom. The lowest BCUT2D eigenvalue weighted by Crippen LogP contribution is -2.23. The highest BCUT2D eigenvalue weighted by Gasteiger charge is 2.26. The van der Waals surface area contributed by atoms with E-state index in [0.29, 0.717) is 0 Å². The van der Waals surface area contributed by atoms with Crippen LogP contribution in [-0.2, 0) is 6.42 Å². The topological polar surface area (TPSA) is 12.0 Å². The normalized spacial score (nSPS) is 18.6. The van der Waals surface area contributed by atoms with Crippen molar-refractivity contribution in [3.63, 3.8) is 0 Å². The van der Waals surface area contributed by atoms with Crippen molar-refractivity contribution in [2.75, 3.05) is 0 Å². The molecule has 0 amide bonds. The molecule has 1 aliphatic rings. The number of nitrogens with one attached hydrogen (secondary N) is 1. The summed E-state index contributed by atoms with van der Waals surface area (Å²) in [4.78, 5) is 0. The first kappa shape index (κ1) is 14.3. The van der Waals surface area contributed by atoms with Crippen LogP contribution >= 0.6 is 0 Å². The maximum absolute atomic E-state index is 13.8. The van der Waals surface area contributed by atoms with E-state index in [9.17, 15) is 4.39 Å². The molecule has 1 N–H and O–H groups in total. The van der Waals surface area contributed by atoms with Crippen LogP contribution in [0.1, 0.15) is 53.2 Å². The van der Waals surface area contributed by atoms with E-state index < -0.39 is 0 Å². The summed E-state index contributed by atoms with van der Waals surface area (Å²) >= 11 is 0. The Kier molecular flexibility index (Phi) is 3.81. The van der Waals surface area contributed by atoms with Crippen LogP contribution in [0.5, 0.6) is 0 Å². The van der Waals surface area contributed by atoms with Crippen molar-refractivity contribution in [2.24, 2.45) is 0 Å². The van der Waals surface area contributed by atoms with Crippen LogP contribution in [0.15, 0.2) is 36.4 Å². The van der Waals surface area contributed by atoms with E-state index >= 15 is 0 Å². The van der Waals surface area contributed by atoms with Gasteiger partial charge in [0, 0.05) is 12.1 Å². The number of benzene rings is 2. The largest absolute Gasteiger partial charge is 0.303 e. The van der Waals surface area contributed by atoms with Crippen molar-refractivity contribution >= 4 is 0 Å². The minimum atomic E-state index is -0.0591. The molecule has 0 aliphatic heterocycles. The first-order valence-corrected chi connectivity index (χ1v) is 7.66. The number of fused-ring (bicyclic) bond motifs is 1. The van der Waals surface area contributed by atoms with Gasteiger partial charge in [-0.3, -0.25) is 0 Å². The molecule has 2 unspecified atom stereocenters. The molecule has 0 spiro atoms. The van der Waals surface area contributed by atoms with Crippen molar-refractivity contribution in [2.45, 2.75) is 45.7 Å². The third-order valence-corrected chi connectivity index (χ3v) is 4.57. The molecule has 1 nitrogen and oxygen atoms in total.